The van der Waals surface area contributed by atoms with Gasteiger partial charge in [-0.1, -0.05) is 6.92 Å². The highest BCUT2D eigenvalue weighted by atomic mass is 32.1. The standard InChI is InChI=1S/C18H27N3O2S/c1-3-20-10-4-6-15(20)16-7-5-11-21(16)18(23)17-9-8-14(24-17)12-19-13(2)22/h8-9,15-16H,3-7,10-12H2,1-2H3,(H,19,22)/t15-,16+/m0/s1. The largest absolute Gasteiger partial charge is 0.351 e. The van der Waals surface area contributed by atoms with Crippen LogP contribution < -0.4 is 5.32 Å². The van der Waals surface area contributed by atoms with E-state index in [1.807, 2.05) is 12.1 Å². The minimum absolute atomic E-state index is 0.0447. The summed E-state index contributed by atoms with van der Waals surface area (Å²) in [7, 11) is 0. The van der Waals surface area contributed by atoms with E-state index in [-0.39, 0.29) is 11.8 Å². The Hall–Kier alpha value is -1.40. The molecule has 3 rings (SSSR count). The number of likely N-dealkylation sites (N-methyl/N-ethyl adjacent to an activating group) is 1. The van der Waals surface area contributed by atoms with Gasteiger partial charge in [-0.25, -0.2) is 0 Å². The molecule has 2 amide bonds. The highest BCUT2D eigenvalue weighted by Crippen LogP contribution is 2.31. The van der Waals surface area contributed by atoms with Crippen molar-refractivity contribution in [3.05, 3.63) is 21.9 Å². The van der Waals surface area contributed by atoms with E-state index >= 15 is 0 Å². The molecule has 5 nitrogen and oxygen atoms in total. The van der Waals surface area contributed by atoms with Crippen LogP contribution >= 0.6 is 11.3 Å². The van der Waals surface area contributed by atoms with Crippen LogP contribution in [-0.4, -0.2) is 53.3 Å². The van der Waals surface area contributed by atoms with Crippen molar-refractivity contribution in [3.8, 4) is 0 Å². The van der Waals surface area contributed by atoms with Crippen LogP contribution in [0.5, 0.6) is 0 Å². The second kappa shape index (κ2) is 7.66. The number of likely N-dealkylation sites (tertiary alicyclic amines) is 2. The molecule has 2 fully saturated rings. The van der Waals surface area contributed by atoms with Gasteiger partial charge in [-0.2, -0.15) is 0 Å². The maximum Gasteiger partial charge on any atom is 0.264 e. The second-order valence-corrected chi connectivity index (χ2v) is 7.89. The molecule has 1 N–H and O–H groups in total. The van der Waals surface area contributed by atoms with Gasteiger partial charge in [0.1, 0.15) is 0 Å². The number of carbonyl (C=O) groups is 2. The number of hydrogen-bond acceptors (Lipinski definition) is 4. The Kier molecular flexibility index (Phi) is 5.56. The Morgan fingerprint density at radius 3 is 2.71 bits per heavy atom. The first kappa shape index (κ1) is 17.4. The van der Waals surface area contributed by atoms with Crippen molar-refractivity contribution >= 4 is 23.2 Å². The molecule has 0 radical (unpaired) electrons. The third kappa shape index (κ3) is 3.64. The van der Waals surface area contributed by atoms with Crippen LogP contribution in [0.2, 0.25) is 0 Å². The predicted molar refractivity (Wildman–Crippen MR) is 96.2 cm³/mol. The maximum absolute atomic E-state index is 13.0. The van der Waals surface area contributed by atoms with Crippen LogP contribution in [0.3, 0.4) is 0 Å². The molecule has 0 spiro atoms. The fraction of sp³-hybridized carbons (Fsp3) is 0.667. The summed E-state index contributed by atoms with van der Waals surface area (Å²) in [5.74, 6) is 0.122. The van der Waals surface area contributed by atoms with Crippen molar-refractivity contribution in [3.63, 3.8) is 0 Å². The number of amides is 2. The minimum Gasteiger partial charge on any atom is -0.351 e. The number of carbonyl (C=O) groups excluding carboxylic acids is 2. The molecule has 132 valence electrons. The van der Waals surface area contributed by atoms with Crippen LogP contribution in [0, 0.1) is 0 Å². The lowest BCUT2D eigenvalue weighted by Gasteiger charge is -2.34. The Morgan fingerprint density at radius 1 is 1.21 bits per heavy atom. The first-order valence-corrected chi connectivity index (χ1v) is 9.80. The van der Waals surface area contributed by atoms with Gasteiger partial charge in [0.25, 0.3) is 5.91 Å². The molecule has 0 unspecified atom stereocenters. The quantitative estimate of drug-likeness (QED) is 0.888. The van der Waals surface area contributed by atoms with Crippen molar-refractivity contribution in [1.82, 2.24) is 15.1 Å². The van der Waals surface area contributed by atoms with Gasteiger partial charge in [0.2, 0.25) is 5.91 Å². The molecule has 24 heavy (non-hydrogen) atoms. The summed E-state index contributed by atoms with van der Waals surface area (Å²) >= 11 is 1.50. The number of nitrogens with one attached hydrogen (secondary N) is 1. The third-order valence-electron chi connectivity index (χ3n) is 5.21. The Balaban J connectivity index is 1.68. The second-order valence-electron chi connectivity index (χ2n) is 6.72. The van der Waals surface area contributed by atoms with Crippen molar-refractivity contribution < 1.29 is 9.59 Å². The van der Waals surface area contributed by atoms with Crippen molar-refractivity contribution in [2.75, 3.05) is 19.6 Å². The zero-order valence-electron chi connectivity index (χ0n) is 14.6. The molecule has 6 heteroatoms. The van der Waals surface area contributed by atoms with Crippen molar-refractivity contribution in [2.24, 2.45) is 0 Å². The van der Waals surface area contributed by atoms with Gasteiger partial charge in [-0.15, -0.1) is 11.3 Å². The minimum atomic E-state index is -0.0447. The smallest absolute Gasteiger partial charge is 0.264 e. The molecule has 0 bridgehead atoms. The third-order valence-corrected chi connectivity index (χ3v) is 6.28. The summed E-state index contributed by atoms with van der Waals surface area (Å²) in [5, 5.41) is 2.79. The van der Waals surface area contributed by atoms with Gasteiger partial charge in [0, 0.05) is 30.4 Å². The zero-order valence-corrected chi connectivity index (χ0v) is 15.4. The Labute approximate surface area is 148 Å². The van der Waals surface area contributed by atoms with Crippen LogP contribution in [0.25, 0.3) is 0 Å². The topological polar surface area (TPSA) is 52.6 Å². The normalized spacial score (nSPS) is 24.5. The highest BCUT2D eigenvalue weighted by molar-refractivity contribution is 7.14. The van der Waals surface area contributed by atoms with Crippen LogP contribution in [0.1, 0.15) is 54.1 Å². The van der Waals surface area contributed by atoms with Crippen LogP contribution in [-0.2, 0) is 11.3 Å². The number of nitrogens with zero attached hydrogens (tertiary/aromatic N) is 2. The summed E-state index contributed by atoms with van der Waals surface area (Å²) in [6.45, 7) is 7.34. The molecule has 0 aromatic carbocycles. The van der Waals surface area contributed by atoms with Crippen LogP contribution in [0.15, 0.2) is 12.1 Å². The molecule has 1 aromatic rings. The first-order valence-electron chi connectivity index (χ1n) is 8.98. The molecule has 2 saturated heterocycles. The van der Waals surface area contributed by atoms with Gasteiger partial charge in [-0.3, -0.25) is 14.5 Å². The van der Waals surface area contributed by atoms with Gasteiger partial charge < -0.3 is 10.2 Å². The summed E-state index contributed by atoms with van der Waals surface area (Å²) < 4.78 is 0. The summed E-state index contributed by atoms with van der Waals surface area (Å²) in [4.78, 5) is 30.5. The lowest BCUT2D eigenvalue weighted by Crippen LogP contribution is -2.48. The average molecular weight is 350 g/mol. The van der Waals surface area contributed by atoms with E-state index in [0.717, 1.165) is 35.7 Å². The summed E-state index contributed by atoms with van der Waals surface area (Å²) in [6, 6.07) is 4.75. The van der Waals surface area contributed by atoms with E-state index in [4.69, 9.17) is 0 Å². The number of hydrogen-bond donors (Lipinski definition) is 1. The molecule has 3 heterocycles. The van der Waals surface area contributed by atoms with Gasteiger partial charge in [-0.05, 0) is 50.9 Å². The highest BCUT2D eigenvalue weighted by Gasteiger charge is 2.39. The van der Waals surface area contributed by atoms with Gasteiger partial charge in [0.05, 0.1) is 11.4 Å². The van der Waals surface area contributed by atoms with Crippen LogP contribution in [0.4, 0.5) is 0 Å². The Morgan fingerprint density at radius 2 is 1.96 bits per heavy atom. The molecule has 2 atom stereocenters. The zero-order chi connectivity index (χ0) is 17.1. The van der Waals surface area contributed by atoms with E-state index in [9.17, 15) is 9.59 Å². The Bertz CT molecular complexity index is 601. The predicted octanol–water partition coefficient (Wildman–Crippen LogP) is 2.47. The molecule has 2 aliphatic heterocycles. The fourth-order valence-electron chi connectivity index (χ4n) is 4.07. The molecular weight excluding hydrogens is 322 g/mol. The summed E-state index contributed by atoms with van der Waals surface area (Å²) in [5.41, 5.74) is 0. The SMILES string of the molecule is CCN1CCC[C@H]1[C@H]1CCCN1C(=O)c1ccc(CNC(C)=O)s1. The van der Waals surface area contributed by atoms with E-state index in [1.54, 1.807) is 0 Å². The first-order chi connectivity index (χ1) is 11.6. The molecule has 0 saturated carbocycles. The molecule has 2 aliphatic rings. The van der Waals surface area contributed by atoms with Gasteiger partial charge in [0.15, 0.2) is 0 Å². The molecular formula is C18H27N3O2S. The maximum atomic E-state index is 13.0. The van der Waals surface area contributed by atoms with E-state index in [1.165, 1.54) is 37.6 Å². The molecule has 0 aliphatic carbocycles. The molecule has 1 aromatic heterocycles. The van der Waals surface area contributed by atoms with E-state index in [2.05, 4.69) is 22.0 Å². The monoisotopic (exact) mass is 349 g/mol. The van der Waals surface area contributed by atoms with Gasteiger partial charge >= 0.3 is 0 Å². The van der Waals surface area contributed by atoms with E-state index < -0.39 is 0 Å². The average Bonchev–Trinajstić information content (AvgIpc) is 3.30. The van der Waals surface area contributed by atoms with Crippen molar-refractivity contribution in [2.45, 2.75) is 58.2 Å². The lowest BCUT2D eigenvalue weighted by molar-refractivity contribution is -0.119. The van der Waals surface area contributed by atoms with Crippen molar-refractivity contribution in [1.29, 1.82) is 0 Å². The lowest BCUT2D eigenvalue weighted by atomic mass is 10.0. The van der Waals surface area contributed by atoms with E-state index in [0.29, 0.717) is 18.6 Å². The summed E-state index contributed by atoms with van der Waals surface area (Å²) in [6.07, 6.45) is 4.68. The number of thiophene rings is 1. The fourth-order valence-corrected chi connectivity index (χ4v) is 4.97. The number of rotatable bonds is 5.